The highest BCUT2D eigenvalue weighted by atomic mass is 28.3. The molecule has 2 aliphatic rings. The van der Waals surface area contributed by atoms with Gasteiger partial charge in [-0.3, -0.25) is 0 Å². The summed E-state index contributed by atoms with van der Waals surface area (Å²) in [6, 6.07) is 32.1. The van der Waals surface area contributed by atoms with Gasteiger partial charge < -0.3 is 0 Å². The van der Waals surface area contributed by atoms with Crippen molar-refractivity contribution in [2.75, 3.05) is 0 Å². The Morgan fingerprint density at radius 2 is 0.972 bits per heavy atom. The van der Waals surface area contributed by atoms with Gasteiger partial charge in [0.2, 0.25) is 0 Å². The minimum Gasteiger partial charge on any atom is -0.0716 e. The number of allylic oxidation sites excluding steroid dienone is 8. The first kappa shape index (κ1) is 25.9. The zero-order chi connectivity index (χ0) is 25.9. The zero-order valence-electron chi connectivity index (χ0n) is 23.0. The summed E-state index contributed by atoms with van der Waals surface area (Å²) in [5.41, 5.74) is 15.2. The number of rotatable bonds is 4. The Morgan fingerprint density at radius 1 is 0.556 bits per heavy atom. The van der Waals surface area contributed by atoms with Gasteiger partial charge in [-0.25, -0.2) is 0 Å². The molecule has 0 bridgehead atoms. The lowest BCUT2D eigenvalue weighted by Gasteiger charge is -2.28. The molecule has 0 N–H and O–H groups in total. The van der Waals surface area contributed by atoms with Gasteiger partial charge in [-0.2, -0.15) is 0 Å². The van der Waals surface area contributed by atoms with Crippen LogP contribution in [0.1, 0.15) is 50.8 Å². The van der Waals surface area contributed by atoms with Gasteiger partial charge >= 0.3 is 0 Å². The third kappa shape index (κ3) is 5.32. The van der Waals surface area contributed by atoms with Gasteiger partial charge in [-0.05, 0) is 84.2 Å². The third-order valence-electron chi connectivity index (χ3n) is 7.83. The minimum absolute atomic E-state index is 0.799. The average Bonchev–Trinajstić information content (AvgIpc) is 3.41. The summed E-state index contributed by atoms with van der Waals surface area (Å²) >= 11 is 0. The molecule has 0 unspecified atom stereocenters. The maximum atomic E-state index is 2.47. The van der Waals surface area contributed by atoms with E-state index in [-0.39, 0.29) is 0 Å². The van der Waals surface area contributed by atoms with E-state index in [1.165, 1.54) is 33.4 Å². The van der Waals surface area contributed by atoms with Crippen molar-refractivity contribution in [1.82, 2.24) is 0 Å². The van der Waals surface area contributed by atoms with Crippen molar-refractivity contribution in [2.24, 2.45) is 0 Å². The highest BCUT2D eigenvalue weighted by molar-refractivity contribution is 6.79. The smallest absolute Gasteiger partial charge is 0.0565 e. The molecule has 184 valence electrons. The van der Waals surface area contributed by atoms with Gasteiger partial charge in [-0.15, -0.1) is 0 Å². The lowest BCUT2D eigenvalue weighted by molar-refractivity contribution is 1.07. The van der Waals surface area contributed by atoms with Crippen LogP contribution < -0.4 is 0 Å². The van der Waals surface area contributed by atoms with Crippen LogP contribution in [0.3, 0.4) is 0 Å². The van der Waals surface area contributed by atoms with E-state index in [1.807, 2.05) is 0 Å². The fraction of sp³-hybridized carbons (Fsp3) is 0.257. The summed E-state index contributed by atoms with van der Waals surface area (Å²) in [6.45, 7) is 16.6. The van der Waals surface area contributed by atoms with Crippen LogP contribution in [-0.4, -0.2) is 8.07 Å². The largest absolute Gasteiger partial charge is 0.0716 e. The molecule has 0 saturated carbocycles. The molecule has 0 saturated heterocycles. The summed E-state index contributed by atoms with van der Waals surface area (Å²) in [4.78, 5) is 0. The van der Waals surface area contributed by atoms with Gasteiger partial charge in [0.15, 0.2) is 0 Å². The molecule has 2 aliphatic carbocycles. The Labute approximate surface area is 219 Å². The molecule has 0 heterocycles. The van der Waals surface area contributed by atoms with E-state index in [0.29, 0.717) is 0 Å². The predicted octanol–water partition coefficient (Wildman–Crippen LogP) is 10.5. The highest BCUT2D eigenvalue weighted by Crippen LogP contribution is 2.46. The molecule has 3 aromatic rings. The molecule has 5 rings (SSSR count). The second-order valence-electron chi connectivity index (χ2n) is 11.2. The molecular weight excluding hydrogens is 448 g/mol. The fourth-order valence-corrected chi connectivity index (χ4v) is 8.97. The normalized spacial score (nSPS) is 16.4. The standard InChI is InChI=1S/C23H18.C12H22Si/c1-4-10-18(11-5-1)21-16-17-22(19-12-6-2-7-13-19)23(21)20-14-8-3-9-15-20;1-8-9(2)11(4)12(10(8)3)13(5,6)7/h1-16H,17H2;12H,1-7H3. The van der Waals surface area contributed by atoms with Crippen LogP contribution in [0.15, 0.2) is 119 Å². The van der Waals surface area contributed by atoms with Crippen LogP contribution in [0.2, 0.25) is 25.2 Å². The molecule has 1 heteroatoms. The second kappa shape index (κ2) is 10.8. The first-order valence-electron chi connectivity index (χ1n) is 13.1. The van der Waals surface area contributed by atoms with Gasteiger partial charge in [0.1, 0.15) is 0 Å². The van der Waals surface area contributed by atoms with Crippen LogP contribution in [0.5, 0.6) is 0 Å². The molecule has 0 aromatic heterocycles. The van der Waals surface area contributed by atoms with Crippen LogP contribution in [-0.2, 0) is 0 Å². The van der Waals surface area contributed by atoms with E-state index in [9.17, 15) is 0 Å². The van der Waals surface area contributed by atoms with Crippen LogP contribution >= 0.6 is 0 Å². The Morgan fingerprint density at radius 3 is 1.39 bits per heavy atom. The van der Waals surface area contributed by atoms with E-state index in [0.717, 1.165) is 12.0 Å². The highest BCUT2D eigenvalue weighted by Gasteiger charge is 2.34. The van der Waals surface area contributed by atoms with Gasteiger partial charge in [0.25, 0.3) is 0 Å². The molecule has 0 fully saturated rings. The van der Waals surface area contributed by atoms with Gasteiger partial charge in [-0.1, -0.05) is 128 Å². The van der Waals surface area contributed by atoms with Crippen molar-refractivity contribution in [3.05, 3.63) is 136 Å². The Bertz CT molecular complexity index is 1300. The summed E-state index contributed by atoms with van der Waals surface area (Å²) in [5, 5.41) is 0. The van der Waals surface area contributed by atoms with Gasteiger partial charge in [0, 0.05) is 0 Å². The van der Waals surface area contributed by atoms with Crippen molar-refractivity contribution >= 4 is 24.8 Å². The molecule has 0 radical (unpaired) electrons. The molecule has 0 nitrogen and oxygen atoms in total. The van der Waals surface area contributed by atoms with E-state index in [2.05, 4.69) is 144 Å². The third-order valence-corrected chi connectivity index (χ3v) is 10.4. The number of hydrogen-bond donors (Lipinski definition) is 0. The fourth-order valence-electron chi connectivity index (χ4n) is 5.94. The van der Waals surface area contributed by atoms with E-state index in [4.69, 9.17) is 0 Å². The summed E-state index contributed by atoms with van der Waals surface area (Å²) in [5.74, 6) is 0. The van der Waals surface area contributed by atoms with Crippen molar-refractivity contribution in [3.8, 4) is 0 Å². The molecular formula is C35H40Si. The van der Waals surface area contributed by atoms with E-state index in [1.54, 1.807) is 22.3 Å². The Kier molecular flexibility index (Phi) is 7.81. The van der Waals surface area contributed by atoms with Crippen molar-refractivity contribution in [2.45, 2.75) is 59.3 Å². The monoisotopic (exact) mass is 488 g/mol. The zero-order valence-corrected chi connectivity index (χ0v) is 24.0. The minimum atomic E-state index is -1.05. The van der Waals surface area contributed by atoms with Crippen LogP contribution in [0.4, 0.5) is 0 Å². The quantitative estimate of drug-likeness (QED) is 0.320. The molecule has 3 aromatic carbocycles. The lowest BCUT2D eigenvalue weighted by atomic mass is 9.90. The maximum Gasteiger partial charge on any atom is 0.0565 e. The maximum absolute atomic E-state index is 2.47. The summed E-state index contributed by atoms with van der Waals surface area (Å²) in [7, 11) is -1.05. The molecule has 36 heavy (non-hydrogen) atoms. The first-order chi connectivity index (χ1) is 17.2. The number of hydrogen-bond acceptors (Lipinski definition) is 0. The predicted molar refractivity (Wildman–Crippen MR) is 163 cm³/mol. The van der Waals surface area contributed by atoms with Gasteiger partial charge in [0.05, 0.1) is 8.07 Å². The van der Waals surface area contributed by atoms with Crippen molar-refractivity contribution in [1.29, 1.82) is 0 Å². The van der Waals surface area contributed by atoms with Crippen molar-refractivity contribution in [3.63, 3.8) is 0 Å². The van der Waals surface area contributed by atoms with Crippen molar-refractivity contribution < 1.29 is 0 Å². The molecule has 0 atom stereocenters. The second-order valence-corrected chi connectivity index (χ2v) is 16.5. The Balaban J connectivity index is 0.000000200. The molecule has 0 spiro atoms. The number of benzene rings is 3. The summed E-state index contributed by atoms with van der Waals surface area (Å²) in [6.07, 6.45) is 3.35. The average molecular weight is 489 g/mol. The Hall–Kier alpha value is -3.16. The first-order valence-corrected chi connectivity index (χ1v) is 16.7. The topological polar surface area (TPSA) is 0 Å². The summed E-state index contributed by atoms with van der Waals surface area (Å²) < 4.78 is 0. The van der Waals surface area contributed by atoms with E-state index < -0.39 is 8.07 Å². The van der Waals surface area contributed by atoms with Crippen LogP contribution in [0, 0.1) is 0 Å². The van der Waals surface area contributed by atoms with E-state index >= 15 is 0 Å². The van der Waals surface area contributed by atoms with Crippen LogP contribution in [0.25, 0.3) is 16.7 Å². The molecule has 0 amide bonds. The SMILES string of the molecule is C1=C(c2ccccc2)C(c2ccccc2)=C(c2ccccc2)C1.CC1=C(C)C([Si](C)(C)C)C(C)=C1C. The lowest BCUT2D eigenvalue weighted by Crippen LogP contribution is -2.28. The molecule has 0 aliphatic heterocycles.